The Balaban J connectivity index is 2.00. The van der Waals surface area contributed by atoms with E-state index in [0.29, 0.717) is 16.8 Å². The minimum absolute atomic E-state index is 0.0887. The standard InChI is InChI=1S/C27H33O4P/c1-26(2,3)23-17-20(18-24(25(23)28)27(4,5)6)19-30-32(29,22-15-11-8-12-16-22)31-21-13-9-7-10-14-21/h7-18,28H,19H2,1-6H3. The summed E-state index contributed by atoms with van der Waals surface area (Å²) in [5.41, 5.74) is 1.99. The van der Waals surface area contributed by atoms with E-state index in [-0.39, 0.29) is 17.4 Å². The van der Waals surface area contributed by atoms with Crippen molar-refractivity contribution in [2.45, 2.75) is 59.0 Å². The number of hydrogen-bond acceptors (Lipinski definition) is 4. The highest BCUT2D eigenvalue weighted by molar-refractivity contribution is 7.62. The molecule has 5 heteroatoms. The molecule has 0 heterocycles. The van der Waals surface area contributed by atoms with Crippen molar-refractivity contribution in [1.29, 1.82) is 0 Å². The zero-order chi connectivity index (χ0) is 23.6. The Morgan fingerprint density at radius 3 is 1.72 bits per heavy atom. The van der Waals surface area contributed by atoms with E-state index in [4.69, 9.17) is 9.05 Å². The first-order valence-electron chi connectivity index (χ1n) is 10.8. The number of rotatable bonds is 6. The van der Waals surface area contributed by atoms with Gasteiger partial charge in [0, 0.05) is 0 Å². The van der Waals surface area contributed by atoms with Crippen molar-refractivity contribution in [3.63, 3.8) is 0 Å². The average molecular weight is 453 g/mol. The number of phenols is 1. The third kappa shape index (κ3) is 5.62. The molecule has 0 saturated carbocycles. The van der Waals surface area contributed by atoms with E-state index in [1.54, 1.807) is 24.3 Å². The molecule has 0 aromatic heterocycles. The fourth-order valence-electron chi connectivity index (χ4n) is 3.46. The van der Waals surface area contributed by atoms with Crippen LogP contribution in [0.2, 0.25) is 0 Å². The first kappa shape index (κ1) is 24.1. The van der Waals surface area contributed by atoms with E-state index in [1.165, 1.54) is 0 Å². The molecule has 32 heavy (non-hydrogen) atoms. The Bertz CT molecular complexity index is 1060. The Morgan fingerprint density at radius 2 is 1.25 bits per heavy atom. The minimum atomic E-state index is -3.65. The van der Waals surface area contributed by atoms with Gasteiger partial charge in [-0.2, -0.15) is 0 Å². The molecule has 0 bridgehead atoms. The molecule has 0 aliphatic heterocycles. The summed E-state index contributed by atoms with van der Waals surface area (Å²) < 4.78 is 25.8. The van der Waals surface area contributed by atoms with Crippen LogP contribution in [0.5, 0.6) is 11.5 Å². The summed E-state index contributed by atoms with van der Waals surface area (Å²) in [5, 5.41) is 11.5. The van der Waals surface area contributed by atoms with Gasteiger partial charge in [0.15, 0.2) is 0 Å². The highest BCUT2D eigenvalue weighted by Crippen LogP contribution is 2.48. The minimum Gasteiger partial charge on any atom is -0.507 e. The molecule has 0 spiro atoms. The van der Waals surface area contributed by atoms with Crippen LogP contribution in [0.1, 0.15) is 58.2 Å². The van der Waals surface area contributed by atoms with Crippen LogP contribution in [0.3, 0.4) is 0 Å². The summed E-state index contributed by atoms with van der Waals surface area (Å²) >= 11 is 0. The summed E-state index contributed by atoms with van der Waals surface area (Å²) in [7, 11) is -3.65. The van der Waals surface area contributed by atoms with E-state index in [9.17, 15) is 9.67 Å². The fourth-order valence-corrected chi connectivity index (χ4v) is 5.03. The topological polar surface area (TPSA) is 55.8 Å². The lowest BCUT2D eigenvalue weighted by Gasteiger charge is -2.28. The quantitative estimate of drug-likeness (QED) is 0.405. The molecule has 3 aromatic carbocycles. The Labute approximate surface area is 191 Å². The summed E-state index contributed by atoms with van der Waals surface area (Å²) in [6.45, 7) is 12.5. The Kier molecular flexibility index (Phi) is 6.88. The molecule has 1 N–H and O–H groups in total. The van der Waals surface area contributed by atoms with E-state index in [0.717, 1.165) is 16.7 Å². The first-order chi connectivity index (χ1) is 14.9. The first-order valence-corrected chi connectivity index (χ1v) is 12.4. The van der Waals surface area contributed by atoms with Crippen LogP contribution >= 0.6 is 7.60 Å². The van der Waals surface area contributed by atoms with E-state index < -0.39 is 7.60 Å². The normalized spacial score (nSPS) is 14.1. The van der Waals surface area contributed by atoms with Gasteiger partial charge < -0.3 is 9.63 Å². The van der Waals surface area contributed by atoms with Crippen molar-refractivity contribution in [2.24, 2.45) is 0 Å². The molecule has 1 atom stereocenters. The van der Waals surface area contributed by atoms with Gasteiger partial charge in [-0.05, 0) is 63.9 Å². The average Bonchev–Trinajstić information content (AvgIpc) is 2.72. The molecule has 4 nitrogen and oxygen atoms in total. The smallest absolute Gasteiger partial charge is 0.411 e. The van der Waals surface area contributed by atoms with Crippen LogP contribution in [0.25, 0.3) is 0 Å². The second kappa shape index (κ2) is 9.13. The van der Waals surface area contributed by atoms with Gasteiger partial charge in [0.1, 0.15) is 11.5 Å². The van der Waals surface area contributed by atoms with Gasteiger partial charge in [-0.25, -0.2) is 4.57 Å². The summed E-state index contributed by atoms with van der Waals surface area (Å²) in [5.74, 6) is 0.789. The monoisotopic (exact) mass is 452 g/mol. The van der Waals surface area contributed by atoms with Crippen LogP contribution in [0.4, 0.5) is 0 Å². The van der Waals surface area contributed by atoms with Crippen LogP contribution in [0.15, 0.2) is 72.8 Å². The molecule has 170 valence electrons. The van der Waals surface area contributed by atoms with Crippen LogP contribution < -0.4 is 9.83 Å². The van der Waals surface area contributed by atoms with Gasteiger partial charge in [0.2, 0.25) is 0 Å². The van der Waals surface area contributed by atoms with Gasteiger partial charge in [0.05, 0.1) is 11.9 Å². The Morgan fingerprint density at radius 1 is 0.781 bits per heavy atom. The molecule has 3 aromatic rings. The van der Waals surface area contributed by atoms with Gasteiger partial charge in [-0.3, -0.25) is 4.52 Å². The van der Waals surface area contributed by atoms with Crippen molar-refractivity contribution >= 4 is 12.9 Å². The zero-order valence-electron chi connectivity index (χ0n) is 19.8. The maximum atomic E-state index is 13.9. The number of para-hydroxylation sites is 1. The van der Waals surface area contributed by atoms with Crippen LogP contribution in [0, 0.1) is 0 Å². The summed E-state index contributed by atoms with van der Waals surface area (Å²) in [4.78, 5) is 0. The molecule has 0 saturated heterocycles. The molecule has 0 aliphatic rings. The van der Waals surface area contributed by atoms with Gasteiger partial charge in [-0.15, -0.1) is 0 Å². The van der Waals surface area contributed by atoms with Crippen molar-refractivity contribution in [3.8, 4) is 11.5 Å². The maximum Gasteiger partial charge on any atom is 0.411 e. The largest absolute Gasteiger partial charge is 0.507 e. The lowest BCUT2D eigenvalue weighted by Crippen LogP contribution is -2.18. The number of hydrogen-bond donors (Lipinski definition) is 1. The lowest BCUT2D eigenvalue weighted by atomic mass is 9.78. The van der Waals surface area contributed by atoms with E-state index in [1.807, 2.05) is 48.5 Å². The molecule has 0 radical (unpaired) electrons. The molecule has 0 aliphatic carbocycles. The maximum absolute atomic E-state index is 13.9. The lowest BCUT2D eigenvalue weighted by molar-refractivity contribution is 0.264. The van der Waals surface area contributed by atoms with Crippen LogP contribution in [-0.4, -0.2) is 5.11 Å². The third-order valence-corrected chi connectivity index (χ3v) is 7.08. The molecular weight excluding hydrogens is 419 g/mol. The summed E-state index contributed by atoms with van der Waals surface area (Å²) in [6, 6.07) is 21.9. The predicted molar refractivity (Wildman–Crippen MR) is 131 cm³/mol. The highest BCUT2D eigenvalue weighted by Gasteiger charge is 2.31. The van der Waals surface area contributed by atoms with Gasteiger partial charge in [-0.1, -0.05) is 77.9 Å². The van der Waals surface area contributed by atoms with Gasteiger partial charge >= 0.3 is 7.60 Å². The summed E-state index contributed by atoms with van der Waals surface area (Å²) in [6.07, 6.45) is 0. The second-order valence-corrected chi connectivity index (χ2v) is 12.0. The van der Waals surface area contributed by atoms with Crippen LogP contribution in [-0.2, 0) is 26.5 Å². The SMILES string of the molecule is CC(C)(C)c1cc(COP(=O)(Oc2ccccc2)c2ccccc2)cc(C(C)(C)C)c1O. The number of phenolic OH excluding ortho intramolecular Hbond substituents is 1. The zero-order valence-corrected chi connectivity index (χ0v) is 20.6. The molecule has 3 rings (SSSR count). The van der Waals surface area contributed by atoms with Gasteiger partial charge in [0.25, 0.3) is 0 Å². The second-order valence-electron chi connectivity index (χ2n) is 10.1. The number of aromatic hydroxyl groups is 1. The third-order valence-electron chi connectivity index (χ3n) is 5.23. The molecule has 0 fully saturated rings. The highest BCUT2D eigenvalue weighted by atomic mass is 31.2. The molecule has 0 amide bonds. The van der Waals surface area contributed by atoms with E-state index in [2.05, 4.69) is 41.5 Å². The van der Waals surface area contributed by atoms with Crippen molar-refractivity contribution in [2.75, 3.05) is 0 Å². The molecular formula is C27H33O4P. The van der Waals surface area contributed by atoms with E-state index >= 15 is 0 Å². The predicted octanol–water partition coefficient (Wildman–Crippen LogP) is 7.10. The van der Waals surface area contributed by atoms with Crippen molar-refractivity contribution in [1.82, 2.24) is 0 Å². The fraction of sp³-hybridized carbons (Fsp3) is 0.333. The van der Waals surface area contributed by atoms with Crippen molar-refractivity contribution < 1.29 is 18.7 Å². The molecule has 1 unspecified atom stereocenters. The Hall–Kier alpha value is -2.55. The van der Waals surface area contributed by atoms with Crippen molar-refractivity contribution in [3.05, 3.63) is 89.5 Å². The number of benzene rings is 3.